The zero-order valence-electron chi connectivity index (χ0n) is 11.3. The highest BCUT2D eigenvalue weighted by Gasteiger charge is 2.18. The molecule has 0 atom stereocenters. The molecule has 1 aromatic heterocycles. The van der Waals surface area contributed by atoms with Crippen molar-refractivity contribution in [2.75, 3.05) is 18.5 Å². The van der Waals surface area contributed by atoms with Crippen LogP contribution in [0.2, 0.25) is 0 Å². The van der Waals surface area contributed by atoms with Crippen LogP contribution in [0.4, 0.5) is 11.5 Å². The average molecular weight is 254 g/mol. The minimum absolute atomic E-state index is 0.849. The van der Waals surface area contributed by atoms with Crippen LogP contribution in [0, 0.1) is 6.92 Å². The SMILES string of the molecule is Cc1ccc(N(C)c2ncnc3c2CNCC3)cc1. The number of aromatic nitrogens is 2. The summed E-state index contributed by atoms with van der Waals surface area (Å²) >= 11 is 0. The number of nitrogens with one attached hydrogen (secondary N) is 1. The van der Waals surface area contributed by atoms with E-state index in [4.69, 9.17) is 0 Å². The van der Waals surface area contributed by atoms with Crippen LogP contribution in [0.5, 0.6) is 0 Å². The highest BCUT2D eigenvalue weighted by Crippen LogP contribution is 2.27. The van der Waals surface area contributed by atoms with Gasteiger partial charge in [-0.05, 0) is 19.1 Å². The number of fused-ring (bicyclic) bond motifs is 1. The van der Waals surface area contributed by atoms with Gasteiger partial charge in [-0.15, -0.1) is 0 Å². The Balaban J connectivity index is 1.99. The molecular weight excluding hydrogens is 236 g/mol. The first-order valence-corrected chi connectivity index (χ1v) is 6.59. The third-order valence-electron chi connectivity index (χ3n) is 3.59. The summed E-state index contributed by atoms with van der Waals surface area (Å²) in [4.78, 5) is 11.0. The van der Waals surface area contributed by atoms with Gasteiger partial charge in [-0.1, -0.05) is 17.7 Å². The van der Waals surface area contributed by atoms with Crippen molar-refractivity contribution in [1.29, 1.82) is 0 Å². The average Bonchev–Trinajstić information content (AvgIpc) is 2.47. The van der Waals surface area contributed by atoms with Gasteiger partial charge < -0.3 is 10.2 Å². The molecular formula is C15H18N4. The molecule has 2 heterocycles. The maximum Gasteiger partial charge on any atom is 0.140 e. The standard InChI is InChI=1S/C15H18N4/c1-11-3-5-12(6-4-11)19(2)15-13-9-16-8-7-14(13)17-10-18-15/h3-6,10,16H,7-9H2,1-2H3. The number of rotatable bonds is 2. The van der Waals surface area contributed by atoms with Gasteiger partial charge in [0.05, 0.1) is 5.69 Å². The molecule has 3 rings (SSSR count). The molecule has 19 heavy (non-hydrogen) atoms. The Bertz CT molecular complexity index is 577. The molecule has 0 saturated carbocycles. The maximum absolute atomic E-state index is 4.47. The van der Waals surface area contributed by atoms with Crippen molar-refractivity contribution >= 4 is 11.5 Å². The first-order chi connectivity index (χ1) is 9.25. The van der Waals surface area contributed by atoms with Crippen molar-refractivity contribution in [3.8, 4) is 0 Å². The molecule has 0 saturated heterocycles. The zero-order valence-corrected chi connectivity index (χ0v) is 11.3. The first-order valence-electron chi connectivity index (χ1n) is 6.59. The number of hydrogen-bond acceptors (Lipinski definition) is 4. The fourth-order valence-electron chi connectivity index (χ4n) is 2.43. The molecule has 98 valence electrons. The molecule has 0 radical (unpaired) electrons. The van der Waals surface area contributed by atoms with Gasteiger partial charge in [0, 0.05) is 37.8 Å². The second-order valence-corrected chi connectivity index (χ2v) is 4.94. The predicted molar refractivity (Wildman–Crippen MR) is 76.7 cm³/mol. The predicted octanol–water partition coefficient (Wildman–Crippen LogP) is 2.20. The van der Waals surface area contributed by atoms with E-state index in [0.29, 0.717) is 0 Å². The van der Waals surface area contributed by atoms with Crippen molar-refractivity contribution in [3.63, 3.8) is 0 Å². The van der Waals surface area contributed by atoms with E-state index in [1.807, 2.05) is 0 Å². The number of aryl methyl sites for hydroxylation is 1. The molecule has 0 bridgehead atoms. The minimum atomic E-state index is 0.849. The molecule has 0 unspecified atom stereocenters. The zero-order chi connectivity index (χ0) is 13.2. The number of hydrogen-bond donors (Lipinski definition) is 1. The molecule has 4 heteroatoms. The Hall–Kier alpha value is -1.94. The van der Waals surface area contributed by atoms with Crippen molar-refractivity contribution in [2.45, 2.75) is 19.9 Å². The third kappa shape index (κ3) is 2.31. The van der Waals surface area contributed by atoms with E-state index in [1.165, 1.54) is 16.8 Å². The lowest BCUT2D eigenvalue weighted by Crippen LogP contribution is -2.27. The van der Waals surface area contributed by atoms with Gasteiger partial charge in [0.25, 0.3) is 0 Å². The lowest BCUT2D eigenvalue weighted by molar-refractivity contribution is 0.625. The minimum Gasteiger partial charge on any atom is -0.329 e. The van der Waals surface area contributed by atoms with E-state index in [2.05, 4.69) is 58.4 Å². The highest BCUT2D eigenvalue weighted by molar-refractivity contribution is 5.63. The fraction of sp³-hybridized carbons (Fsp3) is 0.333. The number of benzene rings is 1. The summed E-state index contributed by atoms with van der Waals surface area (Å²) in [5, 5.41) is 3.39. The van der Waals surface area contributed by atoms with E-state index < -0.39 is 0 Å². The molecule has 1 aromatic carbocycles. The van der Waals surface area contributed by atoms with Crippen molar-refractivity contribution in [1.82, 2.24) is 15.3 Å². The monoisotopic (exact) mass is 254 g/mol. The van der Waals surface area contributed by atoms with Crippen LogP contribution in [0.15, 0.2) is 30.6 Å². The topological polar surface area (TPSA) is 41.1 Å². The first kappa shape index (κ1) is 12.1. The molecule has 0 aliphatic carbocycles. The number of nitrogens with zero attached hydrogens (tertiary/aromatic N) is 3. The summed E-state index contributed by atoms with van der Waals surface area (Å²) in [6, 6.07) is 8.50. The van der Waals surface area contributed by atoms with Crippen LogP contribution < -0.4 is 10.2 Å². The van der Waals surface area contributed by atoms with Gasteiger partial charge in [-0.3, -0.25) is 0 Å². The number of anilines is 2. The Kier molecular flexibility index (Phi) is 3.17. The van der Waals surface area contributed by atoms with E-state index in [1.54, 1.807) is 6.33 Å². The van der Waals surface area contributed by atoms with Gasteiger partial charge in [-0.25, -0.2) is 9.97 Å². The summed E-state index contributed by atoms with van der Waals surface area (Å²) in [5.41, 5.74) is 4.81. The molecule has 1 N–H and O–H groups in total. The Morgan fingerprint density at radius 2 is 1.95 bits per heavy atom. The second kappa shape index (κ2) is 4.97. The maximum atomic E-state index is 4.47. The van der Waals surface area contributed by atoms with Gasteiger partial charge in [0.15, 0.2) is 0 Å². The van der Waals surface area contributed by atoms with Gasteiger partial charge >= 0.3 is 0 Å². The quantitative estimate of drug-likeness (QED) is 0.892. The summed E-state index contributed by atoms with van der Waals surface area (Å²) < 4.78 is 0. The van der Waals surface area contributed by atoms with Gasteiger partial charge in [0.2, 0.25) is 0 Å². The van der Waals surface area contributed by atoms with Crippen molar-refractivity contribution in [3.05, 3.63) is 47.4 Å². The van der Waals surface area contributed by atoms with Crippen molar-refractivity contribution in [2.24, 2.45) is 0 Å². The van der Waals surface area contributed by atoms with Crippen molar-refractivity contribution < 1.29 is 0 Å². The van der Waals surface area contributed by atoms with Crippen LogP contribution in [-0.4, -0.2) is 23.6 Å². The largest absolute Gasteiger partial charge is 0.329 e. The molecule has 2 aromatic rings. The molecule has 1 aliphatic rings. The van der Waals surface area contributed by atoms with Crippen LogP contribution >= 0.6 is 0 Å². The molecule has 0 spiro atoms. The van der Waals surface area contributed by atoms with Crippen LogP contribution in [-0.2, 0) is 13.0 Å². The van der Waals surface area contributed by atoms with E-state index in [0.717, 1.165) is 31.0 Å². The molecule has 4 nitrogen and oxygen atoms in total. The Labute approximate surface area is 113 Å². The van der Waals surface area contributed by atoms with E-state index in [9.17, 15) is 0 Å². The summed E-state index contributed by atoms with van der Waals surface area (Å²) in [6.07, 6.45) is 2.65. The Morgan fingerprint density at radius 1 is 1.16 bits per heavy atom. The molecule has 1 aliphatic heterocycles. The third-order valence-corrected chi connectivity index (χ3v) is 3.59. The van der Waals surface area contributed by atoms with Crippen LogP contribution in [0.3, 0.4) is 0 Å². The normalized spacial score (nSPS) is 14.0. The van der Waals surface area contributed by atoms with E-state index >= 15 is 0 Å². The lowest BCUT2D eigenvalue weighted by Gasteiger charge is -2.25. The Morgan fingerprint density at radius 3 is 2.74 bits per heavy atom. The smallest absolute Gasteiger partial charge is 0.140 e. The molecule has 0 amide bonds. The highest BCUT2D eigenvalue weighted by atomic mass is 15.2. The van der Waals surface area contributed by atoms with Crippen LogP contribution in [0.1, 0.15) is 16.8 Å². The summed E-state index contributed by atoms with van der Waals surface area (Å²) in [6.45, 7) is 3.94. The summed E-state index contributed by atoms with van der Waals surface area (Å²) in [7, 11) is 2.06. The van der Waals surface area contributed by atoms with E-state index in [-0.39, 0.29) is 0 Å². The molecule has 0 fully saturated rings. The van der Waals surface area contributed by atoms with Gasteiger partial charge in [0.1, 0.15) is 12.1 Å². The van der Waals surface area contributed by atoms with Crippen LogP contribution in [0.25, 0.3) is 0 Å². The summed E-state index contributed by atoms with van der Waals surface area (Å²) in [5.74, 6) is 1.00. The fourth-order valence-corrected chi connectivity index (χ4v) is 2.43. The second-order valence-electron chi connectivity index (χ2n) is 4.94. The lowest BCUT2D eigenvalue weighted by atomic mass is 10.1. The van der Waals surface area contributed by atoms with Gasteiger partial charge in [-0.2, -0.15) is 0 Å².